The second-order valence-electron chi connectivity index (χ2n) is 6.82. The number of fused-ring (bicyclic) bond motifs is 1. The fourth-order valence-electron chi connectivity index (χ4n) is 3.17. The predicted octanol–water partition coefficient (Wildman–Crippen LogP) is 5.20. The van der Waals surface area contributed by atoms with E-state index in [1.54, 1.807) is 18.4 Å². The van der Waals surface area contributed by atoms with Crippen molar-refractivity contribution >= 4 is 27.5 Å². The van der Waals surface area contributed by atoms with Crippen LogP contribution in [0.4, 0.5) is 0 Å². The van der Waals surface area contributed by atoms with Crippen molar-refractivity contribution in [2.24, 2.45) is 0 Å². The summed E-state index contributed by atoms with van der Waals surface area (Å²) >= 11 is 1.74. The van der Waals surface area contributed by atoms with Crippen molar-refractivity contribution in [1.29, 1.82) is 0 Å². The summed E-state index contributed by atoms with van der Waals surface area (Å²) in [6.07, 6.45) is 3.28. The van der Waals surface area contributed by atoms with Gasteiger partial charge in [-0.15, -0.1) is 11.3 Å². The molecule has 1 N–H and O–H groups in total. The zero-order valence-corrected chi connectivity index (χ0v) is 16.9. The van der Waals surface area contributed by atoms with Gasteiger partial charge in [0.25, 0.3) is 0 Å². The Bertz CT molecular complexity index is 887. The Morgan fingerprint density at radius 1 is 1.22 bits per heavy atom. The highest BCUT2D eigenvalue weighted by Gasteiger charge is 2.14. The molecule has 5 heteroatoms. The van der Waals surface area contributed by atoms with Crippen LogP contribution in [0.5, 0.6) is 5.75 Å². The molecule has 1 atom stereocenters. The first kappa shape index (κ1) is 19.4. The average Bonchev–Trinajstić information content (AvgIpc) is 3.08. The van der Waals surface area contributed by atoms with Gasteiger partial charge in [0, 0.05) is 12.0 Å². The van der Waals surface area contributed by atoms with Gasteiger partial charge in [-0.05, 0) is 51.3 Å². The Balaban J connectivity index is 1.46. The normalized spacial score (nSPS) is 12.1. The number of methoxy groups -OCH3 is 1. The van der Waals surface area contributed by atoms with Gasteiger partial charge in [0.2, 0.25) is 5.91 Å². The van der Waals surface area contributed by atoms with E-state index in [2.05, 4.69) is 22.4 Å². The van der Waals surface area contributed by atoms with E-state index in [0.717, 1.165) is 46.7 Å². The monoisotopic (exact) mass is 382 g/mol. The first-order valence-corrected chi connectivity index (χ1v) is 10.2. The molecule has 0 bridgehead atoms. The molecular formula is C22H26N2O2S. The van der Waals surface area contributed by atoms with Crippen LogP contribution in [0, 0.1) is 6.92 Å². The van der Waals surface area contributed by atoms with Crippen molar-refractivity contribution in [3.8, 4) is 5.75 Å². The maximum atomic E-state index is 12.3. The second-order valence-corrected chi connectivity index (χ2v) is 7.93. The highest BCUT2D eigenvalue weighted by molar-refractivity contribution is 7.18. The van der Waals surface area contributed by atoms with Crippen LogP contribution in [0.2, 0.25) is 0 Å². The average molecular weight is 383 g/mol. The first-order chi connectivity index (χ1) is 13.1. The van der Waals surface area contributed by atoms with Crippen molar-refractivity contribution in [2.45, 2.75) is 45.6 Å². The molecule has 0 aliphatic carbocycles. The number of rotatable bonds is 8. The van der Waals surface area contributed by atoms with Crippen molar-refractivity contribution in [1.82, 2.24) is 10.3 Å². The largest absolute Gasteiger partial charge is 0.496 e. The number of amides is 1. The molecule has 1 aromatic heterocycles. The zero-order chi connectivity index (χ0) is 19.2. The van der Waals surface area contributed by atoms with Crippen molar-refractivity contribution in [3.05, 3.63) is 58.6 Å². The highest BCUT2D eigenvalue weighted by atomic mass is 32.1. The molecule has 4 nitrogen and oxygen atoms in total. The number of unbranched alkanes of at least 4 members (excludes halogenated alkanes) is 1. The van der Waals surface area contributed by atoms with E-state index < -0.39 is 0 Å². The van der Waals surface area contributed by atoms with Crippen molar-refractivity contribution in [3.63, 3.8) is 0 Å². The summed E-state index contributed by atoms with van der Waals surface area (Å²) in [4.78, 5) is 16.9. The van der Waals surface area contributed by atoms with Crippen LogP contribution in [0.3, 0.4) is 0 Å². The van der Waals surface area contributed by atoms with Gasteiger partial charge in [-0.1, -0.05) is 29.8 Å². The van der Waals surface area contributed by atoms with E-state index in [-0.39, 0.29) is 11.9 Å². The number of para-hydroxylation sites is 1. The van der Waals surface area contributed by atoms with E-state index in [9.17, 15) is 4.79 Å². The summed E-state index contributed by atoms with van der Waals surface area (Å²) in [7, 11) is 1.66. The third-order valence-electron chi connectivity index (χ3n) is 4.61. The van der Waals surface area contributed by atoms with Crippen LogP contribution in [0.15, 0.2) is 42.5 Å². The Morgan fingerprint density at radius 2 is 2.04 bits per heavy atom. The summed E-state index contributed by atoms with van der Waals surface area (Å²) in [5, 5.41) is 4.23. The Labute approximate surface area is 164 Å². The molecule has 0 aliphatic rings. The lowest BCUT2D eigenvalue weighted by Crippen LogP contribution is -2.26. The van der Waals surface area contributed by atoms with Gasteiger partial charge in [-0.3, -0.25) is 4.79 Å². The number of nitrogens with zero attached hydrogens (tertiary/aromatic N) is 1. The van der Waals surface area contributed by atoms with Gasteiger partial charge in [0.1, 0.15) is 5.75 Å². The number of hydrogen-bond donors (Lipinski definition) is 1. The third-order valence-corrected chi connectivity index (χ3v) is 5.71. The third kappa shape index (κ3) is 5.07. The van der Waals surface area contributed by atoms with Gasteiger partial charge in [0.05, 0.1) is 28.4 Å². The molecular weight excluding hydrogens is 356 g/mol. The van der Waals surface area contributed by atoms with E-state index >= 15 is 0 Å². The molecule has 1 amide bonds. The summed E-state index contributed by atoms with van der Waals surface area (Å²) in [5.74, 6) is 0.889. The lowest BCUT2D eigenvalue weighted by Gasteiger charge is -2.18. The number of ether oxygens (including phenoxy) is 1. The maximum Gasteiger partial charge on any atom is 0.220 e. The quantitative estimate of drug-likeness (QED) is 0.545. The number of aryl methyl sites for hydroxylation is 2. The van der Waals surface area contributed by atoms with E-state index in [4.69, 9.17) is 4.74 Å². The summed E-state index contributed by atoms with van der Waals surface area (Å²) in [6, 6.07) is 14.2. The molecule has 0 aliphatic heterocycles. The molecule has 0 fully saturated rings. The number of nitrogens with one attached hydrogen (secondary N) is 1. The van der Waals surface area contributed by atoms with Gasteiger partial charge in [-0.2, -0.15) is 0 Å². The van der Waals surface area contributed by atoms with E-state index in [0.29, 0.717) is 6.42 Å². The lowest BCUT2D eigenvalue weighted by molar-refractivity contribution is -0.121. The lowest BCUT2D eigenvalue weighted by atomic mass is 10.0. The van der Waals surface area contributed by atoms with Gasteiger partial charge in [0.15, 0.2) is 0 Å². The minimum absolute atomic E-state index is 0.0726. The topological polar surface area (TPSA) is 51.2 Å². The highest BCUT2D eigenvalue weighted by Crippen LogP contribution is 2.26. The minimum Gasteiger partial charge on any atom is -0.496 e. The molecule has 1 unspecified atom stereocenters. The minimum atomic E-state index is -0.0726. The standard InChI is InChI=1S/C22H26N2O2S/c1-15-12-13-19(26-3)17(14-15)16(2)23-21(25)10-6-7-11-22-24-18-8-4-5-9-20(18)27-22/h4-5,8-9,12-14,16H,6-7,10-11H2,1-3H3,(H,23,25). The zero-order valence-electron chi connectivity index (χ0n) is 16.1. The molecule has 142 valence electrons. The van der Waals surface area contributed by atoms with E-state index in [1.807, 2.05) is 44.2 Å². The van der Waals surface area contributed by atoms with Crippen molar-refractivity contribution < 1.29 is 9.53 Å². The van der Waals surface area contributed by atoms with E-state index in [1.165, 1.54) is 4.70 Å². The molecule has 0 radical (unpaired) electrons. The Kier molecular flexibility index (Phi) is 6.45. The SMILES string of the molecule is COc1ccc(C)cc1C(C)NC(=O)CCCCc1nc2ccccc2s1. The van der Waals surface area contributed by atoms with Gasteiger partial charge in [-0.25, -0.2) is 4.98 Å². The van der Waals surface area contributed by atoms with Crippen LogP contribution in [0.1, 0.15) is 48.4 Å². The fraction of sp³-hybridized carbons (Fsp3) is 0.364. The Hall–Kier alpha value is -2.40. The molecule has 1 heterocycles. The van der Waals surface area contributed by atoms with Crippen LogP contribution >= 0.6 is 11.3 Å². The molecule has 3 aromatic rings. The number of thiazole rings is 1. The number of aromatic nitrogens is 1. The summed E-state index contributed by atoms with van der Waals surface area (Å²) in [5.41, 5.74) is 3.24. The maximum absolute atomic E-state index is 12.3. The van der Waals surface area contributed by atoms with Crippen molar-refractivity contribution in [2.75, 3.05) is 7.11 Å². The first-order valence-electron chi connectivity index (χ1n) is 9.35. The smallest absolute Gasteiger partial charge is 0.220 e. The van der Waals surface area contributed by atoms with Crippen LogP contribution in [0.25, 0.3) is 10.2 Å². The molecule has 0 saturated heterocycles. The molecule has 27 heavy (non-hydrogen) atoms. The molecule has 0 spiro atoms. The number of carbonyl (C=O) groups is 1. The summed E-state index contributed by atoms with van der Waals surface area (Å²) < 4.78 is 6.65. The second kappa shape index (κ2) is 9.00. The Morgan fingerprint density at radius 3 is 2.81 bits per heavy atom. The van der Waals surface area contributed by atoms with Crippen LogP contribution in [-0.4, -0.2) is 18.0 Å². The molecule has 2 aromatic carbocycles. The fourth-order valence-corrected chi connectivity index (χ4v) is 4.18. The molecule has 3 rings (SSSR count). The number of benzene rings is 2. The van der Waals surface area contributed by atoms with Gasteiger partial charge < -0.3 is 10.1 Å². The van der Waals surface area contributed by atoms with Crippen LogP contribution in [-0.2, 0) is 11.2 Å². The van der Waals surface area contributed by atoms with Gasteiger partial charge >= 0.3 is 0 Å². The van der Waals surface area contributed by atoms with Crippen LogP contribution < -0.4 is 10.1 Å². The predicted molar refractivity (Wildman–Crippen MR) is 111 cm³/mol. The number of hydrogen-bond acceptors (Lipinski definition) is 4. The number of carbonyl (C=O) groups excluding carboxylic acids is 1. The summed E-state index contributed by atoms with van der Waals surface area (Å²) in [6.45, 7) is 4.04. The molecule has 0 saturated carbocycles.